The van der Waals surface area contributed by atoms with Gasteiger partial charge in [0.2, 0.25) is 0 Å². The first-order valence-corrected chi connectivity index (χ1v) is 8.73. The number of carbonyl (C=O) groups is 1. The molecule has 1 rings (SSSR count). The Labute approximate surface area is 131 Å². The van der Waals surface area contributed by atoms with Gasteiger partial charge in [-0.15, -0.1) is 0 Å². The molecule has 9 heteroatoms. The number of likely N-dealkylation sites (N-methyl/N-ethyl adjacent to an activating group) is 1. The molecule has 0 aromatic rings. The van der Waals surface area contributed by atoms with Gasteiger partial charge in [0.25, 0.3) is 10.0 Å². The van der Waals surface area contributed by atoms with Gasteiger partial charge in [-0.3, -0.25) is 0 Å². The van der Waals surface area contributed by atoms with Crippen molar-refractivity contribution in [2.24, 2.45) is 11.7 Å². The summed E-state index contributed by atoms with van der Waals surface area (Å²) in [5, 5.41) is 10.7. The number of amides is 2. The van der Waals surface area contributed by atoms with Crippen LogP contribution >= 0.6 is 0 Å². The number of carbonyl (C=O) groups excluding carboxylic acids is 1. The van der Waals surface area contributed by atoms with Gasteiger partial charge in [0.15, 0.2) is 0 Å². The highest BCUT2D eigenvalue weighted by Gasteiger charge is 2.28. The van der Waals surface area contributed by atoms with Crippen molar-refractivity contribution < 1.29 is 17.9 Å². The molecule has 22 heavy (non-hydrogen) atoms. The second-order valence-electron chi connectivity index (χ2n) is 5.24. The van der Waals surface area contributed by atoms with E-state index in [-0.39, 0.29) is 22.6 Å². The van der Waals surface area contributed by atoms with Gasteiger partial charge in [-0.2, -0.15) is 0 Å². The standard InChI is InChI=1S/C13H24N4O4S/c1-3-16-10-6-4-5-9(2)12(21-8-10)11(7-14)22(19,20)17-13(15)18/h7,9-10,14,16H,3-6,8H2,1-2H3,(H3,15,17,18)/b12-11-,14-7?. The van der Waals surface area contributed by atoms with Crippen molar-refractivity contribution >= 4 is 22.3 Å². The smallest absolute Gasteiger partial charge is 0.326 e. The average molecular weight is 332 g/mol. The van der Waals surface area contributed by atoms with E-state index in [1.165, 1.54) is 0 Å². The van der Waals surface area contributed by atoms with Crippen molar-refractivity contribution in [3.8, 4) is 0 Å². The molecule has 0 aromatic heterocycles. The molecule has 1 saturated heterocycles. The van der Waals surface area contributed by atoms with Gasteiger partial charge in [0.05, 0.1) is 0 Å². The topological polar surface area (TPSA) is 134 Å². The van der Waals surface area contributed by atoms with Crippen LogP contribution in [0.2, 0.25) is 0 Å². The predicted octanol–water partition coefficient (Wildman–Crippen LogP) is 0.660. The van der Waals surface area contributed by atoms with Crippen LogP contribution in [0.1, 0.15) is 33.1 Å². The number of nitrogens with one attached hydrogen (secondary N) is 3. The van der Waals surface area contributed by atoms with Gasteiger partial charge < -0.3 is 21.2 Å². The first kappa shape index (κ1) is 18.4. The number of nitrogens with two attached hydrogens (primary N) is 1. The number of allylic oxidation sites excluding steroid dienone is 2. The van der Waals surface area contributed by atoms with Gasteiger partial charge in [-0.1, -0.05) is 20.3 Å². The quantitative estimate of drug-likeness (QED) is 0.549. The van der Waals surface area contributed by atoms with Crippen LogP contribution in [0, 0.1) is 11.3 Å². The fourth-order valence-electron chi connectivity index (χ4n) is 2.45. The predicted molar refractivity (Wildman–Crippen MR) is 83.9 cm³/mol. The fraction of sp³-hybridized carbons (Fsp3) is 0.692. The molecule has 0 bridgehead atoms. The SMILES string of the molecule is CCNC1CCCC(C)/C(=C(\C=N)S(=O)(=O)NC(N)=O)OC1. The van der Waals surface area contributed by atoms with Crippen LogP contribution in [-0.2, 0) is 14.8 Å². The van der Waals surface area contributed by atoms with E-state index in [4.69, 9.17) is 15.9 Å². The Bertz CT molecular complexity index is 544. The Morgan fingerprint density at radius 1 is 1.50 bits per heavy atom. The second kappa shape index (κ2) is 8.14. The minimum absolute atomic E-state index is 0.131. The van der Waals surface area contributed by atoms with Crippen molar-refractivity contribution in [1.82, 2.24) is 10.0 Å². The summed E-state index contributed by atoms with van der Waals surface area (Å²) in [6.45, 7) is 4.94. The van der Waals surface area contributed by atoms with Crippen LogP contribution in [0.25, 0.3) is 0 Å². The van der Waals surface area contributed by atoms with Crippen molar-refractivity contribution in [1.29, 1.82) is 5.41 Å². The molecule has 1 fully saturated rings. The van der Waals surface area contributed by atoms with E-state index < -0.39 is 16.1 Å². The Morgan fingerprint density at radius 3 is 2.73 bits per heavy atom. The molecule has 2 unspecified atom stereocenters. The largest absolute Gasteiger partial charge is 0.495 e. The number of primary amides is 1. The van der Waals surface area contributed by atoms with Gasteiger partial charge in [-0.25, -0.2) is 17.9 Å². The van der Waals surface area contributed by atoms with Crippen LogP contribution in [0.3, 0.4) is 0 Å². The second-order valence-corrected chi connectivity index (χ2v) is 6.89. The number of sulfonamides is 1. The van der Waals surface area contributed by atoms with Crippen molar-refractivity contribution in [2.75, 3.05) is 13.2 Å². The zero-order chi connectivity index (χ0) is 16.8. The van der Waals surface area contributed by atoms with E-state index in [1.54, 1.807) is 4.72 Å². The summed E-state index contributed by atoms with van der Waals surface area (Å²) in [6.07, 6.45) is 3.28. The number of ether oxygens (including phenoxy) is 1. The van der Waals surface area contributed by atoms with E-state index in [2.05, 4.69) is 5.32 Å². The molecule has 0 saturated carbocycles. The average Bonchev–Trinajstić information content (AvgIpc) is 2.39. The number of hydrogen-bond donors (Lipinski definition) is 4. The Kier molecular flexibility index (Phi) is 6.82. The molecule has 0 aliphatic carbocycles. The minimum Gasteiger partial charge on any atom is -0.495 e. The molecule has 1 heterocycles. The summed E-state index contributed by atoms with van der Waals surface area (Å²) in [7, 11) is -4.20. The Hall–Kier alpha value is -1.61. The minimum atomic E-state index is -4.20. The lowest BCUT2D eigenvalue weighted by molar-refractivity contribution is 0.132. The lowest BCUT2D eigenvalue weighted by Gasteiger charge is -2.27. The number of rotatable bonds is 5. The molecule has 8 nitrogen and oxygen atoms in total. The highest BCUT2D eigenvalue weighted by molar-refractivity contribution is 7.94. The molecule has 0 radical (unpaired) electrons. The first-order chi connectivity index (χ1) is 10.3. The molecule has 1 aliphatic rings. The lowest BCUT2D eigenvalue weighted by Crippen LogP contribution is -2.38. The number of urea groups is 1. The van der Waals surface area contributed by atoms with Crippen LogP contribution in [0.5, 0.6) is 0 Å². The summed E-state index contributed by atoms with van der Waals surface area (Å²) < 4.78 is 31.6. The van der Waals surface area contributed by atoms with Gasteiger partial charge in [0.1, 0.15) is 17.3 Å². The summed E-state index contributed by atoms with van der Waals surface area (Å²) in [6, 6.07) is -1.06. The molecular weight excluding hydrogens is 308 g/mol. The monoisotopic (exact) mass is 332 g/mol. The third-order valence-electron chi connectivity index (χ3n) is 3.47. The Morgan fingerprint density at radius 2 is 2.18 bits per heavy atom. The van der Waals surface area contributed by atoms with E-state index >= 15 is 0 Å². The highest BCUT2D eigenvalue weighted by atomic mass is 32.2. The van der Waals surface area contributed by atoms with E-state index in [0.29, 0.717) is 12.8 Å². The lowest BCUT2D eigenvalue weighted by atomic mass is 9.97. The zero-order valence-electron chi connectivity index (χ0n) is 12.9. The molecule has 0 spiro atoms. The van der Waals surface area contributed by atoms with E-state index in [9.17, 15) is 13.2 Å². The molecule has 5 N–H and O–H groups in total. The maximum atomic E-state index is 12.1. The van der Waals surface area contributed by atoms with Gasteiger partial charge in [0, 0.05) is 18.2 Å². The third kappa shape index (κ3) is 4.99. The van der Waals surface area contributed by atoms with Crippen LogP contribution in [0.4, 0.5) is 4.79 Å². The van der Waals surface area contributed by atoms with Gasteiger partial charge >= 0.3 is 6.03 Å². The van der Waals surface area contributed by atoms with Crippen molar-refractivity contribution in [3.05, 3.63) is 10.7 Å². The zero-order valence-corrected chi connectivity index (χ0v) is 13.7. The van der Waals surface area contributed by atoms with Crippen LogP contribution in [0.15, 0.2) is 10.7 Å². The summed E-state index contributed by atoms with van der Waals surface area (Å²) in [5.41, 5.74) is 4.88. The first-order valence-electron chi connectivity index (χ1n) is 7.24. The van der Waals surface area contributed by atoms with Crippen LogP contribution < -0.4 is 15.8 Å². The molecule has 126 valence electrons. The van der Waals surface area contributed by atoms with Gasteiger partial charge in [-0.05, 0) is 19.4 Å². The van der Waals surface area contributed by atoms with E-state index in [1.807, 2.05) is 13.8 Å². The maximum Gasteiger partial charge on any atom is 0.326 e. The number of hydrogen-bond acceptors (Lipinski definition) is 6. The summed E-state index contributed by atoms with van der Waals surface area (Å²) in [4.78, 5) is 10.5. The molecule has 2 atom stereocenters. The molecule has 2 amide bonds. The normalized spacial score (nSPS) is 25.4. The van der Waals surface area contributed by atoms with Crippen molar-refractivity contribution in [2.45, 2.75) is 39.2 Å². The molecule has 1 aliphatic heterocycles. The molecule has 0 aromatic carbocycles. The highest BCUT2D eigenvalue weighted by Crippen LogP contribution is 2.27. The third-order valence-corrected chi connectivity index (χ3v) is 4.84. The Balaban J connectivity index is 3.12. The van der Waals surface area contributed by atoms with Crippen LogP contribution in [-0.4, -0.2) is 39.9 Å². The maximum absolute atomic E-state index is 12.1. The molecular formula is C13H24N4O4S. The summed E-state index contributed by atoms with van der Waals surface area (Å²) in [5.74, 6) is 0.0370. The van der Waals surface area contributed by atoms with E-state index in [0.717, 1.165) is 25.8 Å². The van der Waals surface area contributed by atoms with Crippen molar-refractivity contribution in [3.63, 3.8) is 0 Å². The summed E-state index contributed by atoms with van der Waals surface area (Å²) >= 11 is 0. The fourth-order valence-corrected chi connectivity index (χ4v) is 3.50.